The topological polar surface area (TPSA) is 79.7 Å². The number of likely N-dealkylation sites (tertiary alicyclic amines) is 1. The average Bonchev–Trinajstić information content (AvgIpc) is 2.77. The number of fused-ring (bicyclic) bond motifs is 1. The smallest absolute Gasteiger partial charge is 0.339 e. The molecule has 2 aromatic carbocycles. The van der Waals surface area contributed by atoms with Crippen LogP contribution in [0, 0.1) is 0 Å². The highest BCUT2D eigenvalue weighted by Crippen LogP contribution is 2.26. The first-order valence-electron chi connectivity index (χ1n) is 9.76. The lowest BCUT2D eigenvalue weighted by molar-refractivity contribution is -0.135. The van der Waals surface area contributed by atoms with E-state index in [4.69, 9.17) is 4.74 Å². The highest BCUT2D eigenvalue weighted by molar-refractivity contribution is 6.05. The molecule has 1 aromatic heterocycles. The quantitative estimate of drug-likeness (QED) is 0.686. The Labute approximate surface area is 168 Å². The molecule has 1 fully saturated rings. The number of phenols is 1. The van der Waals surface area contributed by atoms with Crippen LogP contribution in [0.15, 0.2) is 54.6 Å². The van der Waals surface area contributed by atoms with Crippen molar-refractivity contribution < 1.29 is 19.4 Å². The molecule has 29 heavy (non-hydrogen) atoms. The van der Waals surface area contributed by atoms with Crippen molar-refractivity contribution in [1.29, 1.82) is 0 Å². The van der Waals surface area contributed by atoms with Crippen LogP contribution in [0.25, 0.3) is 22.2 Å². The largest absolute Gasteiger partial charge is 0.508 e. The van der Waals surface area contributed by atoms with E-state index in [-0.39, 0.29) is 18.3 Å². The van der Waals surface area contributed by atoms with Crippen molar-refractivity contribution in [3.05, 3.63) is 60.2 Å². The van der Waals surface area contributed by atoms with Crippen LogP contribution in [-0.2, 0) is 9.53 Å². The molecular formula is C23H22N2O4. The Bertz CT molecular complexity index is 1040. The first-order valence-corrected chi connectivity index (χ1v) is 9.76. The van der Waals surface area contributed by atoms with Gasteiger partial charge in [-0.15, -0.1) is 0 Å². The Morgan fingerprint density at radius 3 is 2.48 bits per heavy atom. The van der Waals surface area contributed by atoms with E-state index >= 15 is 0 Å². The molecule has 6 heteroatoms. The van der Waals surface area contributed by atoms with Crippen LogP contribution in [0.1, 0.15) is 29.6 Å². The second kappa shape index (κ2) is 8.31. The SMILES string of the molecule is O=C(OCC(=O)N1CCCCC1)c1cc(-c2ccc(O)cc2)nc2ccccc12. The average molecular weight is 390 g/mol. The van der Waals surface area contributed by atoms with Gasteiger partial charge in [-0.1, -0.05) is 18.2 Å². The maximum absolute atomic E-state index is 12.8. The van der Waals surface area contributed by atoms with E-state index in [1.165, 1.54) is 0 Å². The number of aromatic hydroxyl groups is 1. The second-order valence-corrected chi connectivity index (χ2v) is 7.14. The van der Waals surface area contributed by atoms with Gasteiger partial charge < -0.3 is 14.7 Å². The van der Waals surface area contributed by atoms with E-state index in [0.29, 0.717) is 22.2 Å². The van der Waals surface area contributed by atoms with E-state index in [1.807, 2.05) is 24.3 Å². The fourth-order valence-electron chi connectivity index (χ4n) is 3.56. The Balaban J connectivity index is 1.60. The fourth-order valence-corrected chi connectivity index (χ4v) is 3.56. The van der Waals surface area contributed by atoms with Gasteiger partial charge in [0, 0.05) is 24.0 Å². The first kappa shape index (κ1) is 18.9. The van der Waals surface area contributed by atoms with Gasteiger partial charge >= 0.3 is 5.97 Å². The van der Waals surface area contributed by atoms with Crippen molar-refractivity contribution in [3.8, 4) is 17.0 Å². The minimum atomic E-state index is -0.547. The summed E-state index contributed by atoms with van der Waals surface area (Å²) in [4.78, 5) is 31.5. The van der Waals surface area contributed by atoms with Crippen LogP contribution < -0.4 is 0 Å². The molecule has 1 amide bonds. The lowest BCUT2D eigenvalue weighted by Gasteiger charge is -2.26. The number of phenolic OH excluding ortho intramolecular Hbond substituents is 1. The zero-order valence-corrected chi connectivity index (χ0v) is 16.0. The molecule has 0 spiro atoms. The van der Waals surface area contributed by atoms with Gasteiger partial charge in [-0.3, -0.25) is 4.79 Å². The predicted molar refractivity (Wildman–Crippen MR) is 110 cm³/mol. The lowest BCUT2D eigenvalue weighted by atomic mass is 10.0. The summed E-state index contributed by atoms with van der Waals surface area (Å²) in [5.41, 5.74) is 2.39. The van der Waals surface area contributed by atoms with Crippen LogP contribution in [0.3, 0.4) is 0 Å². The number of benzene rings is 2. The normalized spacial score (nSPS) is 14.0. The van der Waals surface area contributed by atoms with Crippen molar-refractivity contribution in [2.24, 2.45) is 0 Å². The van der Waals surface area contributed by atoms with Gasteiger partial charge in [-0.05, 0) is 55.7 Å². The van der Waals surface area contributed by atoms with Crippen molar-refractivity contribution in [2.75, 3.05) is 19.7 Å². The van der Waals surface area contributed by atoms with Crippen molar-refractivity contribution in [3.63, 3.8) is 0 Å². The molecule has 0 atom stereocenters. The summed E-state index contributed by atoms with van der Waals surface area (Å²) in [7, 11) is 0. The maximum atomic E-state index is 12.8. The Kier molecular flexibility index (Phi) is 5.42. The molecular weight excluding hydrogens is 368 g/mol. The number of carbonyl (C=O) groups excluding carboxylic acids is 2. The number of hydrogen-bond donors (Lipinski definition) is 1. The third kappa shape index (κ3) is 4.21. The molecule has 6 nitrogen and oxygen atoms in total. The highest BCUT2D eigenvalue weighted by atomic mass is 16.5. The van der Waals surface area contributed by atoms with Gasteiger partial charge in [0.15, 0.2) is 6.61 Å². The van der Waals surface area contributed by atoms with Gasteiger partial charge in [0.1, 0.15) is 5.75 Å². The molecule has 4 rings (SSSR count). The number of rotatable bonds is 4. The van der Waals surface area contributed by atoms with Crippen molar-refractivity contribution >= 4 is 22.8 Å². The predicted octanol–water partition coefficient (Wildman–Crippen LogP) is 3.78. The molecule has 3 aromatic rings. The molecule has 0 saturated carbocycles. The third-order valence-corrected chi connectivity index (χ3v) is 5.13. The molecule has 1 aliphatic heterocycles. The Morgan fingerprint density at radius 2 is 1.72 bits per heavy atom. The molecule has 0 unspecified atom stereocenters. The molecule has 1 saturated heterocycles. The van der Waals surface area contributed by atoms with Crippen LogP contribution in [0.2, 0.25) is 0 Å². The van der Waals surface area contributed by atoms with Gasteiger partial charge in [-0.25, -0.2) is 9.78 Å². The summed E-state index contributed by atoms with van der Waals surface area (Å²) in [6.07, 6.45) is 3.11. The van der Waals surface area contributed by atoms with Gasteiger partial charge in [0.2, 0.25) is 0 Å². The van der Waals surface area contributed by atoms with E-state index in [0.717, 1.165) is 37.9 Å². The Hall–Kier alpha value is -3.41. The van der Waals surface area contributed by atoms with Crippen LogP contribution in [0.4, 0.5) is 0 Å². The summed E-state index contributed by atoms with van der Waals surface area (Å²) in [6, 6.07) is 15.6. The highest BCUT2D eigenvalue weighted by Gasteiger charge is 2.20. The number of hydrogen-bond acceptors (Lipinski definition) is 5. The molecule has 0 radical (unpaired) electrons. The number of esters is 1. The summed E-state index contributed by atoms with van der Waals surface area (Å²) in [5, 5.41) is 10.2. The summed E-state index contributed by atoms with van der Waals surface area (Å²) in [5.74, 6) is -0.547. The number of aromatic nitrogens is 1. The minimum Gasteiger partial charge on any atom is -0.508 e. The molecule has 0 aliphatic carbocycles. The minimum absolute atomic E-state index is 0.157. The van der Waals surface area contributed by atoms with Crippen LogP contribution >= 0.6 is 0 Å². The third-order valence-electron chi connectivity index (χ3n) is 5.13. The van der Waals surface area contributed by atoms with E-state index in [2.05, 4.69) is 4.98 Å². The molecule has 0 bridgehead atoms. The van der Waals surface area contributed by atoms with Gasteiger partial charge in [-0.2, -0.15) is 0 Å². The number of pyridine rings is 1. The zero-order chi connectivity index (χ0) is 20.2. The van der Waals surface area contributed by atoms with Crippen LogP contribution in [-0.4, -0.2) is 46.6 Å². The monoisotopic (exact) mass is 390 g/mol. The number of piperidine rings is 1. The number of nitrogens with zero attached hydrogens (tertiary/aromatic N) is 2. The van der Waals surface area contributed by atoms with Gasteiger partial charge in [0.25, 0.3) is 5.91 Å². The summed E-state index contributed by atoms with van der Waals surface area (Å²) in [6.45, 7) is 1.18. The standard InChI is InChI=1S/C23H22N2O4/c26-17-10-8-16(9-11-17)21-14-19(18-6-2-3-7-20(18)24-21)23(28)29-15-22(27)25-12-4-1-5-13-25/h2-3,6-11,14,26H,1,4-5,12-13,15H2. The summed E-state index contributed by atoms with van der Waals surface area (Å²) < 4.78 is 5.36. The van der Waals surface area contributed by atoms with Crippen molar-refractivity contribution in [2.45, 2.75) is 19.3 Å². The zero-order valence-electron chi connectivity index (χ0n) is 16.0. The van der Waals surface area contributed by atoms with E-state index in [1.54, 1.807) is 35.2 Å². The van der Waals surface area contributed by atoms with Crippen LogP contribution in [0.5, 0.6) is 5.75 Å². The van der Waals surface area contributed by atoms with E-state index < -0.39 is 5.97 Å². The van der Waals surface area contributed by atoms with E-state index in [9.17, 15) is 14.7 Å². The number of para-hydroxylation sites is 1. The van der Waals surface area contributed by atoms with Crippen molar-refractivity contribution in [1.82, 2.24) is 9.88 Å². The maximum Gasteiger partial charge on any atom is 0.339 e. The first-order chi connectivity index (χ1) is 14.1. The summed E-state index contributed by atoms with van der Waals surface area (Å²) >= 11 is 0. The van der Waals surface area contributed by atoms with Gasteiger partial charge in [0.05, 0.1) is 16.8 Å². The molecule has 1 N–H and O–H groups in total. The second-order valence-electron chi connectivity index (χ2n) is 7.14. The fraction of sp³-hybridized carbons (Fsp3) is 0.261. The molecule has 1 aliphatic rings. The number of carbonyl (C=O) groups is 2. The lowest BCUT2D eigenvalue weighted by Crippen LogP contribution is -2.38. The number of ether oxygens (including phenoxy) is 1. The molecule has 2 heterocycles. The Morgan fingerprint density at radius 1 is 1.00 bits per heavy atom. The number of amides is 1. The molecule has 148 valence electrons.